The molecule has 2 atom stereocenters. The van der Waals surface area contributed by atoms with Crippen molar-refractivity contribution < 1.29 is 4.79 Å². The molecule has 2 heterocycles. The maximum atomic E-state index is 12.1. The van der Waals surface area contributed by atoms with E-state index < -0.39 is 0 Å². The molecule has 2 unspecified atom stereocenters. The van der Waals surface area contributed by atoms with Gasteiger partial charge >= 0.3 is 0 Å². The molecule has 1 amide bonds. The zero-order valence-corrected chi connectivity index (χ0v) is 11.3. The molecule has 1 aromatic heterocycles. The van der Waals surface area contributed by atoms with Gasteiger partial charge in [-0.25, -0.2) is 0 Å². The van der Waals surface area contributed by atoms with Crippen LogP contribution in [0.25, 0.3) is 6.08 Å². The van der Waals surface area contributed by atoms with E-state index in [9.17, 15) is 4.79 Å². The minimum absolute atomic E-state index is 0.0641. The Morgan fingerprint density at radius 1 is 1.63 bits per heavy atom. The van der Waals surface area contributed by atoms with Gasteiger partial charge in [0.1, 0.15) is 0 Å². The summed E-state index contributed by atoms with van der Waals surface area (Å²) in [5, 5.41) is 0. The smallest absolute Gasteiger partial charge is 0.246 e. The summed E-state index contributed by atoms with van der Waals surface area (Å²) in [6.45, 7) is 3.62. The van der Waals surface area contributed by atoms with Crippen molar-refractivity contribution >= 4 is 12.0 Å². The van der Waals surface area contributed by atoms with Crippen molar-refractivity contribution in [3.8, 4) is 0 Å². The number of likely N-dealkylation sites (tertiary alicyclic amines) is 1. The molecule has 0 aliphatic carbocycles. The minimum Gasteiger partial charge on any atom is -0.339 e. The van der Waals surface area contributed by atoms with Crippen LogP contribution in [0.1, 0.15) is 25.3 Å². The van der Waals surface area contributed by atoms with Crippen molar-refractivity contribution in [3.05, 3.63) is 36.2 Å². The lowest BCUT2D eigenvalue weighted by molar-refractivity contribution is -0.127. The summed E-state index contributed by atoms with van der Waals surface area (Å²) < 4.78 is 0. The molecule has 2 rings (SSSR count). The summed E-state index contributed by atoms with van der Waals surface area (Å²) in [4.78, 5) is 18.0. The highest BCUT2D eigenvalue weighted by Crippen LogP contribution is 2.19. The van der Waals surface area contributed by atoms with Crippen LogP contribution in [0.2, 0.25) is 0 Å². The highest BCUT2D eigenvalue weighted by Gasteiger charge is 2.24. The van der Waals surface area contributed by atoms with Gasteiger partial charge in [0.2, 0.25) is 5.91 Å². The quantitative estimate of drug-likeness (QED) is 0.840. The van der Waals surface area contributed by atoms with E-state index in [2.05, 4.69) is 4.98 Å². The number of nitrogens with zero attached hydrogens (tertiary/aromatic N) is 2. The summed E-state index contributed by atoms with van der Waals surface area (Å²) >= 11 is 0. The second-order valence-electron chi connectivity index (χ2n) is 5.17. The fraction of sp³-hybridized carbons (Fsp3) is 0.467. The van der Waals surface area contributed by atoms with Gasteiger partial charge in [0.25, 0.3) is 0 Å². The SMILES string of the molecule is CC(N)C1CCCN(C(=O)/C=C/c2cccnc2)C1. The first kappa shape index (κ1) is 13.7. The molecule has 1 aromatic rings. The van der Waals surface area contributed by atoms with Crippen molar-refractivity contribution in [1.29, 1.82) is 0 Å². The van der Waals surface area contributed by atoms with Gasteiger partial charge in [-0.15, -0.1) is 0 Å². The number of amides is 1. The Hall–Kier alpha value is -1.68. The van der Waals surface area contributed by atoms with Crippen LogP contribution in [0.3, 0.4) is 0 Å². The van der Waals surface area contributed by atoms with Crippen molar-refractivity contribution in [3.63, 3.8) is 0 Å². The van der Waals surface area contributed by atoms with Crippen LogP contribution >= 0.6 is 0 Å². The monoisotopic (exact) mass is 259 g/mol. The fourth-order valence-electron chi connectivity index (χ4n) is 2.39. The van der Waals surface area contributed by atoms with Crippen LogP contribution in [-0.2, 0) is 4.79 Å². The molecule has 1 saturated heterocycles. The van der Waals surface area contributed by atoms with Gasteiger partial charge in [-0.05, 0) is 43.4 Å². The van der Waals surface area contributed by atoms with Gasteiger partial charge in [0.05, 0.1) is 0 Å². The summed E-state index contributed by atoms with van der Waals surface area (Å²) in [7, 11) is 0. The number of hydrogen-bond acceptors (Lipinski definition) is 3. The van der Waals surface area contributed by atoms with Gasteiger partial charge in [-0.1, -0.05) is 6.07 Å². The molecule has 0 spiro atoms. The highest BCUT2D eigenvalue weighted by molar-refractivity contribution is 5.91. The van der Waals surface area contributed by atoms with Crippen molar-refractivity contribution in [2.24, 2.45) is 11.7 Å². The van der Waals surface area contributed by atoms with E-state index in [1.54, 1.807) is 18.5 Å². The van der Waals surface area contributed by atoms with Crippen LogP contribution in [0.4, 0.5) is 0 Å². The van der Waals surface area contributed by atoms with Crippen molar-refractivity contribution in [2.75, 3.05) is 13.1 Å². The Balaban J connectivity index is 1.94. The molecule has 0 saturated carbocycles. The van der Waals surface area contributed by atoms with Crippen LogP contribution < -0.4 is 5.73 Å². The van der Waals surface area contributed by atoms with Crippen molar-refractivity contribution in [2.45, 2.75) is 25.8 Å². The van der Waals surface area contributed by atoms with Crippen LogP contribution in [-0.4, -0.2) is 34.9 Å². The predicted molar refractivity (Wildman–Crippen MR) is 76.2 cm³/mol. The lowest BCUT2D eigenvalue weighted by Gasteiger charge is -2.34. The molecule has 4 nitrogen and oxygen atoms in total. The number of pyridine rings is 1. The maximum Gasteiger partial charge on any atom is 0.246 e. The van der Waals surface area contributed by atoms with E-state index in [1.807, 2.05) is 30.0 Å². The molecule has 0 bridgehead atoms. The van der Waals surface area contributed by atoms with E-state index in [0.29, 0.717) is 5.92 Å². The van der Waals surface area contributed by atoms with E-state index >= 15 is 0 Å². The number of rotatable bonds is 3. The van der Waals surface area contributed by atoms with Crippen LogP contribution in [0.5, 0.6) is 0 Å². The Bertz CT molecular complexity index is 442. The molecule has 1 fully saturated rings. The first-order valence-corrected chi connectivity index (χ1v) is 6.79. The van der Waals surface area contributed by atoms with Crippen LogP contribution in [0.15, 0.2) is 30.6 Å². The molecule has 0 radical (unpaired) electrons. The Morgan fingerprint density at radius 2 is 2.47 bits per heavy atom. The summed E-state index contributed by atoms with van der Waals surface area (Å²) in [6.07, 6.45) is 9.06. The molecule has 4 heteroatoms. The van der Waals surface area contributed by atoms with Crippen LogP contribution in [0, 0.1) is 5.92 Å². The molecule has 1 aliphatic heterocycles. The average Bonchev–Trinajstić information content (AvgIpc) is 2.46. The largest absolute Gasteiger partial charge is 0.339 e. The topological polar surface area (TPSA) is 59.2 Å². The first-order chi connectivity index (χ1) is 9.16. The normalized spacial score (nSPS) is 21.6. The molecule has 102 valence electrons. The highest BCUT2D eigenvalue weighted by atomic mass is 16.2. The van der Waals surface area contributed by atoms with Gasteiger partial charge < -0.3 is 10.6 Å². The molecule has 19 heavy (non-hydrogen) atoms. The second kappa shape index (κ2) is 6.48. The lowest BCUT2D eigenvalue weighted by atomic mass is 9.92. The maximum absolute atomic E-state index is 12.1. The molecule has 2 N–H and O–H groups in total. The number of carbonyl (C=O) groups is 1. The predicted octanol–water partition coefficient (Wildman–Crippen LogP) is 1.68. The third-order valence-electron chi connectivity index (χ3n) is 3.62. The summed E-state index contributed by atoms with van der Waals surface area (Å²) in [5.41, 5.74) is 6.87. The van der Waals surface area contributed by atoms with Gasteiger partial charge in [0.15, 0.2) is 0 Å². The zero-order valence-electron chi connectivity index (χ0n) is 11.3. The van der Waals surface area contributed by atoms with E-state index in [0.717, 1.165) is 31.5 Å². The second-order valence-corrected chi connectivity index (χ2v) is 5.17. The Morgan fingerprint density at radius 3 is 3.16 bits per heavy atom. The third-order valence-corrected chi connectivity index (χ3v) is 3.62. The average molecular weight is 259 g/mol. The number of aromatic nitrogens is 1. The fourth-order valence-corrected chi connectivity index (χ4v) is 2.39. The van der Waals surface area contributed by atoms with Crippen molar-refractivity contribution in [1.82, 2.24) is 9.88 Å². The van der Waals surface area contributed by atoms with Gasteiger partial charge in [0, 0.05) is 37.6 Å². The number of piperidine rings is 1. The van der Waals surface area contributed by atoms with E-state index in [-0.39, 0.29) is 11.9 Å². The molecular formula is C15H21N3O. The number of hydrogen-bond donors (Lipinski definition) is 1. The third kappa shape index (κ3) is 3.89. The zero-order chi connectivity index (χ0) is 13.7. The minimum atomic E-state index is 0.0641. The van der Waals surface area contributed by atoms with E-state index in [1.165, 1.54) is 0 Å². The van der Waals surface area contributed by atoms with Gasteiger partial charge in [-0.3, -0.25) is 9.78 Å². The Kier molecular flexibility index (Phi) is 4.68. The standard InChI is InChI=1S/C15H21N3O/c1-12(16)14-5-3-9-18(11-14)15(19)7-6-13-4-2-8-17-10-13/h2,4,6-8,10,12,14H,3,5,9,11,16H2,1H3/b7-6+. The molecule has 1 aliphatic rings. The molecule has 0 aromatic carbocycles. The summed E-state index contributed by atoms with van der Waals surface area (Å²) in [5.74, 6) is 0.485. The first-order valence-electron chi connectivity index (χ1n) is 6.79. The number of nitrogens with two attached hydrogens (primary N) is 1. The Labute approximate surface area is 114 Å². The van der Waals surface area contributed by atoms with E-state index in [4.69, 9.17) is 5.73 Å². The summed E-state index contributed by atoms with van der Waals surface area (Å²) in [6, 6.07) is 3.94. The number of carbonyl (C=O) groups excluding carboxylic acids is 1. The lowest BCUT2D eigenvalue weighted by Crippen LogP contribution is -2.44. The van der Waals surface area contributed by atoms with Gasteiger partial charge in [-0.2, -0.15) is 0 Å². The molecular weight excluding hydrogens is 238 g/mol.